The molecule has 3 nitrogen and oxygen atoms in total. The lowest BCUT2D eigenvalue weighted by atomic mass is 9.77. The van der Waals surface area contributed by atoms with Crippen LogP contribution in [0.5, 0.6) is 0 Å². The van der Waals surface area contributed by atoms with Gasteiger partial charge in [-0.05, 0) is 42.0 Å². The van der Waals surface area contributed by atoms with Crippen molar-refractivity contribution in [2.45, 2.75) is 32.2 Å². The zero-order chi connectivity index (χ0) is 17.2. The monoisotopic (exact) mass is 330 g/mol. The fourth-order valence-electron chi connectivity index (χ4n) is 4.00. The number of amides is 1. The van der Waals surface area contributed by atoms with Crippen LogP contribution in [0.25, 0.3) is 6.08 Å². The Labute approximate surface area is 148 Å². The van der Waals surface area contributed by atoms with E-state index in [0.717, 1.165) is 25.0 Å². The SMILES string of the molecule is CC(=O)N1N=C2C(=Cc3ccccc3)CCC[C@@H]2[C@@H]1c1ccccc1. The van der Waals surface area contributed by atoms with Crippen molar-refractivity contribution in [1.82, 2.24) is 5.01 Å². The van der Waals surface area contributed by atoms with Gasteiger partial charge in [0, 0.05) is 12.8 Å². The van der Waals surface area contributed by atoms with Crippen molar-refractivity contribution in [3.05, 3.63) is 77.4 Å². The molecule has 0 N–H and O–H groups in total. The molecule has 25 heavy (non-hydrogen) atoms. The van der Waals surface area contributed by atoms with Gasteiger partial charge in [0.05, 0.1) is 11.8 Å². The third-order valence-corrected chi connectivity index (χ3v) is 5.11. The first-order chi connectivity index (χ1) is 12.2. The van der Waals surface area contributed by atoms with Gasteiger partial charge in [0.25, 0.3) is 0 Å². The standard InChI is InChI=1S/C22H22N2O/c1-16(25)24-22(18-11-6-3-7-12-18)20-14-8-13-19(21(20)23-24)15-17-9-4-2-5-10-17/h2-7,9-12,15,20,22H,8,13-14H2,1H3/t20-,22-/m0/s1. The number of hydrazone groups is 1. The van der Waals surface area contributed by atoms with Crippen LogP contribution in [0.1, 0.15) is 43.4 Å². The van der Waals surface area contributed by atoms with E-state index < -0.39 is 0 Å². The molecule has 1 amide bonds. The molecule has 1 heterocycles. The highest BCUT2D eigenvalue weighted by molar-refractivity contribution is 6.08. The number of hydrogen-bond acceptors (Lipinski definition) is 2. The highest BCUT2D eigenvalue weighted by atomic mass is 16.2. The summed E-state index contributed by atoms with van der Waals surface area (Å²) < 4.78 is 0. The van der Waals surface area contributed by atoms with Crippen molar-refractivity contribution < 1.29 is 4.79 Å². The summed E-state index contributed by atoms with van der Waals surface area (Å²) in [6, 6.07) is 20.7. The van der Waals surface area contributed by atoms with Crippen LogP contribution in [0.4, 0.5) is 0 Å². The predicted molar refractivity (Wildman–Crippen MR) is 101 cm³/mol. The van der Waals surface area contributed by atoms with Crippen molar-refractivity contribution in [2.75, 3.05) is 0 Å². The Morgan fingerprint density at radius 3 is 2.44 bits per heavy atom. The van der Waals surface area contributed by atoms with Crippen LogP contribution in [-0.2, 0) is 4.79 Å². The first-order valence-corrected chi connectivity index (χ1v) is 8.93. The van der Waals surface area contributed by atoms with E-state index in [4.69, 9.17) is 5.10 Å². The fourth-order valence-corrected chi connectivity index (χ4v) is 4.00. The topological polar surface area (TPSA) is 32.7 Å². The molecule has 2 atom stereocenters. The van der Waals surface area contributed by atoms with Gasteiger partial charge in [-0.25, -0.2) is 5.01 Å². The van der Waals surface area contributed by atoms with E-state index in [0.29, 0.717) is 0 Å². The van der Waals surface area contributed by atoms with Crippen molar-refractivity contribution in [1.29, 1.82) is 0 Å². The zero-order valence-electron chi connectivity index (χ0n) is 14.4. The van der Waals surface area contributed by atoms with Gasteiger partial charge >= 0.3 is 0 Å². The number of carbonyl (C=O) groups excluding carboxylic acids is 1. The van der Waals surface area contributed by atoms with Gasteiger partial charge in [0.15, 0.2) is 0 Å². The summed E-state index contributed by atoms with van der Waals surface area (Å²) in [5.74, 6) is 0.296. The van der Waals surface area contributed by atoms with Gasteiger partial charge in [-0.3, -0.25) is 4.79 Å². The van der Waals surface area contributed by atoms with Gasteiger partial charge in [-0.15, -0.1) is 0 Å². The average molecular weight is 330 g/mol. The van der Waals surface area contributed by atoms with E-state index in [2.05, 4.69) is 42.5 Å². The maximum Gasteiger partial charge on any atom is 0.240 e. The Balaban J connectivity index is 1.74. The van der Waals surface area contributed by atoms with Crippen molar-refractivity contribution in [2.24, 2.45) is 11.0 Å². The smallest absolute Gasteiger partial charge is 0.240 e. The van der Waals surface area contributed by atoms with Gasteiger partial charge in [-0.2, -0.15) is 5.10 Å². The molecule has 3 heteroatoms. The summed E-state index contributed by atoms with van der Waals surface area (Å²) in [7, 11) is 0. The lowest BCUT2D eigenvalue weighted by Crippen LogP contribution is -2.30. The quantitative estimate of drug-likeness (QED) is 0.776. The molecule has 1 saturated carbocycles. The van der Waals surface area contributed by atoms with E-state index >= 15 is 0 Å². The number of fused-ring (bicyclic) bond motifs is 1. The lowest BCUT2D eigenvalue weighted by Gasteiger charge is -2.29. The highest BCUT2D eigenvalue weighted by Gasteiger charge is 2.42. The third-order valence-electron chi connectivity index (χ3n) is 5.11. The highest BCUT2D eigenvalue weighted by Crippen LogP contribution is 2.44. The third kappa shape index (κ3) is 3.02. The fraction of sp³-hybridized carbons (Fsp3) is 0.273. The summed E-state index contributed by atoms with van der Waals surface area (Å²) in [6.07, 6.45) is 5.47. The van der Waals surface area contributed by atoms with Crippen molar-refractivity contribution in [3.63, 3.8) is 0 Å². The molecular formula is C22H22N2O. The number of hydrogen-bond donors (Lipinski definition) is 0. The van der Waals surface area contributed by atoms with Crippen LogP contribution in [0, 0.1) is 5.92 Å². The van der Waals surface area contributed by atoms with E-state index in [1.54, 1.807) is 11.9 Å². The van der Waals surface area contributed by atoms with Gasteiger partial charge in [0.1, 0.15) is 0 Å². The first kappa shape index (κ1) is 15.8. The molecule has 1 fully saturated rings. The number of nitrogens with zero attached hydrogens (tertiary/aromatic N) is 2. The predicted octanol–water partition coefficient (Wildman–Crippen LogP) is 4.83. The summed E-state index contributed by atoms with van der Waals surface area (Å²) in [4.78, 5) is 12.2. The maximum absolute atomic E-state index is 12.2. The minimum absolute atomic E-state index is 0.00909. The Kier molecular flexibility index (Phi) is 4.22. The van der Waals surface area contributed by atoms with Gasteiger partial charge in [0.2, 0.25) is 5.91 Å². The van der Waals surface area contributed by atoms with E-state index in [-0.39, 0.29) is 17.9 Å². The second kappa shape index (κ2) is 6.67. The lowest BCUT2D eigenvalue weighted by molar-refractivity contribution is -0.131. The molecule has 0 bridgehead atoms. The first-order valence-electron chi connectivity index (χ1n) is 8.93. The zero-order valence-corrected chi connectivity index (χ0v) is 14.4. The summed E-state index contributed by atoms with van der Waals surface area (Å²) in [6.45, 7) is 1.61. The second-order valence-electron chi connectivity index (χ2n) is 6.78. The van der Waals surface area contributed by atoms with Crippen LogP contribution < -0.4 is 0 Å². The largest absolute Gasteiger partial charge is 0.273 e. The molecule has 0 unspecified atom stereocenters. The molecule has 2 aromatic carbocycles. The second-order valence-corrected chi connectivity index (χ2v) is 6.78. The molecule has 0 saturated heterocycles. The van der Waals surface area contributed by atoms with Crippen LogP contribution in [-0.4, -0.2) is 16.6 Å². The van der Waals surface area contributed by atoms with Crippen LogP contribution >= 0.6 is 0 Å². The number of benzene rings is 2. The Bertz CT molecular complexity index is 824. The van der Waals surface area contributed by atoms with Crippen LogP contribution in [0.3, 0.4) is 0 Å². The molecule has 1 aliphatic heterocycles. The van der Waals surface area contributed by atoms with E-state index in [1.807, 2.05) is 24.3 Å². The van der Waals surface area contributed by atoms with E-state index in [1.165, 1.54) is 16.7 Å². The van der Waals surface area contributed by atoms with Crippen molar-refractivity contribution in [3.8, 4) is 0 Å². The molecule has 2 aromatic rings. The molecule has 0 radical (unpaired) electrons. The summed E-state index contributed by atoms with van der Waals surface area (Å²) >= 11 is 0. The van der Waals surface area contributed by atoms with E-state index in [9.17, 15) is 4.79 Å². The van der Waals surface area contributed by atoms with Crippen LogP contribution in [0.15, 0.2) is 71.3 Å². The van der Waals surface area contributed by atoms with Crippen LogP contribution in [0.2, 0.25) is 0 Å². The van der Waals surface area contributed by atoms with Gasteiger partial charge in [-0.1, -0.05) is 60.7 Å². The number of carbonyl (C=O) groups is 1. The minimum atomic E-state index is 0.00909. The Morgan fingerprint density at radius 2 is 1.76 bits per heavy atom. The number of allylic oxidation sites excluding steroid dienone is 1. The maximum atomic E-state index is 12.2. The molecule has 2 aliphatic rings. The Morgan fingerprint density at radius 1 is 1.08 bits per heavy atom. The molecular weight excluding hydrogens is 308 g/mol. The van der Waals surface area contributed by atoms with Crippen molar-refractivity contribution >= 4 is 17.7 Å². The minimum Gasteiger partial charge on any atom is -0.273 e. The average Bonchev–Trinajstić information content (AvgIpc) is 3.04. The molecule has 4 rings (SSSR count). The summed E-state index contributed by atoms with van der Waals surface area (Å²) in [5, 5.41) is 6.47. The molecule has 0 spiro atoms. The molecule has 1 aliphatic carbocycles. The Hall–Kier alpha value is -2.68. The normalized spacial score (nSPS) is 24.1. The number of rotatable bonds is 2. The molecule has 126 valence electrons. The summed E-state index contributed by atoms with van der Waals surface area (Å²) in [5.41, 5.74) is 4.73. The van der Waals surface area contributed by atoms with Gasteiger partial charge < -0.3 is 0 Å². The molecule has 0 aromatic heterocycles.